The van der Waals surface area contributed by atoms with E-state index >= 15 is 0 Å². The Bertz CT molecular complexity index is 807. The Morgan fingerprint density at radius 1 is 1.36 bits per heavy atom. The van der Waals surface area contributed by atoms with Crippen LogP contribution in [0.5, 0.6) is 0 Å². The molecule has 7 heteroatoms. The summed E-state index contributed by atoms with van der Waals surface area (Å²) in [6, 6.07) is -0.0103. The molecule has 1 aliphatic heterocycles. The van der Waals surface area contributed by atoms with E-state index in [0.29, 0.717) is 23.6 Å². The fraction of sp³-hybridized carbons (Fsp3) is 0.533. The zero-order valence-corrected chi connectivity index (χ0v) is 14.6. The van der Waals surface area contributed by atoms with Crippen LogP contribution >= 0.6 is 23.1 Å². The number of fused-ring (bicyclic) bond motifs is 1. The summed E-state index contributed by atoms with van der Waals surface area (Å²) in [5.41, 5.74) is 0.986. The van der Waals surface area contributed by atoms with E-state index in [9.17, 15) is 9.59 Å². The highest BCUT2D eigenvalue weighted by Crippen LogP contribution is 2.33. The van der Waals surface area contributed by atoms with E-state index in [1.54, 1.807) is 4.57 Å². The molecule has 0 aromatic carbocycles. The number of carbonyl (C=O) groups is 1. The number of thiophene rings is 1. The van der Waals surface area contributed by atoms with Gasteiger partial charge < -0.3 is 4.74 Å². The van der Waals surface area contributed by atoms with Crippen LogP contribution in [0.2, 0.25) is 0 Å². The number of thioether (sulfide) groups is 1. The number of ether oxygens (including phenoxy) is 1. The molecule has 0 radical (unpaired) electrons. The molecule has 0 spiro atoms. The second-order valence-electron chi connectivity index (χ2n) is 5.69. The maximum Gasteiger partial charge on any atom is 0.319 e. The van der Waals surface area contributed by atoms with Crippen LogP contribution in [0.4, 0.5) is 0 Å². The lowest BCUT2D eigenvalue weighted by atomic mass is 10.2. The van der Waals surface area contributed by atoms with E-state index < -0.39 is 0 Å². The van der Waals surface area contributed by atoms with Gasteiger partial charge in [-0.15, -0.1) is 11.3 Å². The quantitative estimate of drug-likeness (QED) is 0.636. The van der Waals surface area contributed by atoms with Gasteiger partial charge in [0.15, 0.2) is 5.16 Å². The van der Waals surface area contributed by atoms with Crippen molar-refractivity contribution < 1.29 is 9.53 Å². The molecule has 3 rings (SSSR count). The zero-order valence-electron chi connectivity index (χ0n) is 13.0. The van der Waals surface area contributed by atoms with Gasteiger partial charge >= 0.3 is 5.97 Å². The predicted molar refractivity (Wildman–Crippen MR) is 89.0 cm³/mol. The minimum absolute atomic E-state index is 0.0103. The van der Waals surface area contributed by atoms with E-state index in [4.69, 9.17) is 4.74 Å². The lowest BCUT2D eigenvalue weighted by Crippen LogP contribution is -2.26. The Morgan fingerprint density at radius 3 is 2.68 bits per heavy atom. The zero-order chi connectivity index (χ0) is 16.0. The van der Waals surface area contributed by atoms with Crippen LogP contribution in [0.1, 0.15) is 36.8 Å². The van der Waals surface area contributed by atoms with Crippen LogP contribution in [0.3, 0.4) is 0 Å². The minimum Gasteiger partial charge on any atom is -0.465 e. The summed E-state index contributed by atoms with van der Waals surface area (Å²) >= 11 is 2.87. The smallest absolute Gasteiger partial charge is 0.319 e. The van der Waals surface area contributed by atoms with E-state index in [2.05, 4.69) is 4.98 Å². The number of hydrogen-bond donors (Lipinski definition) is 0. The molecule has 3 heterocycles. The topological polar surface area (TPSA) is 61.2 Å². The van der Waals surface area contributed by atoms with Gasteiger partial charge in [0.2, 0.25) is 0 Å². The maximum absolute atomic E-state index is 12.9. The van der Waals surface area contributed by atoms with Crippen molar-refractivity contribution in [3.8, 4) is 0 Å². The van der Waals surface area contributed by atoms with Gasteiger partial charge in [-0.2, -0.15) is 0 Å². The van der Waals surface area contributed by atoms with Crippen LogP contribution in [0, 0.1) is 13.8 Å². The predicted octanol–water partition coefficient (Wildman–Crippen LogP) is 3.06. The molecule has 2 aromatic rings. The van der Waals surface area contributed by atoms with E-state index in [1.807, 2.05) is 27.7 Å². The van der Waals surface area contributed by atoms with E-state index in [0.717, 1.165) is 15.3 Å². The molecular formula is C15H18N2O3S2. The molecule has 118 valence electrons. The Kier molecular flexibility index (Phi) is 4.03. The number of aryl methyl sites for hydroxylation is 2. The third-order valence-electron chi connectivity index (χ3n) is 3.85. The molecule has 0 amide bonds. The first-order valence-electron chi connectivity index (χ1n) is 7.25. The molecule has 1 fully saturated rings. The molecule has 2 aromatic heterocycles. The number of carbonyl (C=O) groups excluding carboxylic acids is 1. The Morgan fingerprint density at radius 2 is 2.09 bits per heavy atom. The Labute approximate surface area is 136 Å². The summed E-state index contributed by atoms with van der Waals surface area (Å²) in [7, 11) is 0. The van der Waals surface area contributed by atoms with Crippen molar-refractivity contribution in [3.63, 3.8) is 0 Å². The average Bonchev–Trinajstić information content (AvgIpc) is 2.94. The second kappa shape index (κ2) is 5.70. The van der Waals surface area contributed by atoms with Crippen molar-refractivity contribution in [2.24, 2.45) is 0 Å². The molecule has 0 saturated carbocycles. The van der Waals surface area contributed by atoms with Gasteiger partial charge in [0, 0.05) is 17.3 Å². The molecule has 1 saturated heterocycles. The summed E-state index contributed by atoms with van der Waals surface area (Å²) in [4.78, 5) is 31.1. The SMILES string of the molecule is Cc1sc2nc(S[C@H]3CCOC3=O)n(C(C)C)c(=O)c2c1C. The Hall–Kier alpha value is -1.34. The number of cyclic esters (lactones) is 1. The van der Waals surface area contributed by atoms with Crippen molar-refractivity contribution in [3.05, 3.63) is 20.8 Å². The highest BCUT2D eigenvalue weighted by atomic mass is 32.2. The molecule has 22 heavy (non-hydrogen) atoms. The first-order chi connectivity index (χ1) is 10.4. The second-order valence-corrected chi connectivity index (χ2v) is 8.06. The van der Waals surface area contributed by atoms with Crippen LogP contribution in [-0.2, 0) is 9.53 Å². The summed E-state index contributed by atoms with van der Waals surface area (Å²) in [5, 5.41) is 1.05. The number of esters is 1. The summed E-state index contributed by atoms with van der Waals surface area (Å²) in [6.07, 6.45) is 0.665. The monoisotopic (exact) mass is 338 g/mol. The van der Waals surface area contributed by atoms with Crippen LogP contribution in [0.15, 0.2) is 9.95 Å². The van der Waals surface area contributed by atoms with Crippen LogP contribution in [-0.4, -0.2) is 27.4 Å². The van der Waals surface area contributed by atoms with E-state index in [1.165, 1.54) is 23.1 Å². The standard InChI is InChI=1S/C15H18N2O3S2/c1-7(2)17-13(18)11-8(3)9(4)21-12(11)16-15(17)22-10-5-6-20-14(10)19/h7,10H,5-6H2,1-4H3/t10-/m0/s1. The van der Waals surface area contributed by atoms with Crippen LogP contribution in [0.25, 0.3) is 10.2 Å². The lowest BCUT2D eigenvalue weighted by molar-refractivity contribution is -0.137. The minimum atomic E-state index is -0.267. The molecule has 1 atom stereocenters. The van der Waals surface area contributed by atoms with Crippen LogP contribution < -0.4 is 5.56 Å². The van der Waals surface area contributed by atoms with Crippen molar-refractivity contribution >= 4 is 39.3 Å². The third kappa shape index (κ3) is 2.46. The summed E-state index contributed by atoms with van der Waals surface area (Å²) in [5.74, 6) is -0.215. The third-order valence-corrected chi connectivity index (χ3v) is 6.17. The maximum atomic E-state index is 12.9. The number of nitrogens with zero attached hydrogens (tertiary/aromatic N) is 2. The van der Waals surface area contributed by atoms with Gasteiger partial charge in [-0.25, -0.2) is 4.98 Å². The molecule has 5 nitrogen and oxygen atoms in total. The number of hydrogen-bond acceptors (Lipinski definition) is 6. The van der Waals surface area contributed by atoms with Gasteiger partial charge in [-0.1, -0.05) is 11.8 Å². The highest BCUT2D eigenvalue weighted by Gasteiger charge is 2.30. The van der Waals surface area contributed by atoms with Gasteiger partial charge in [0.05, 0.1) is 12.0 Å². The van der Waals surface area contributed by atoms with Gasteiger partial charge in [-0.3, -0.25) is 14.2 Å². The molecule has 0 aliphatic carbocycles. The molecule has 1 aliphatic rings. The normalized spacial score (nSPS) is 18.4. The van der Waals surface area contributed by atoms with Gasteiger partial charge in [-0.05, 0) is 33.3 Å². The molecule has 0 unspecified atom stereocenters. The molecular weight excluding hydrogens is 320 g/mol. The average molecular weight is 338 g/mol. The van der Waals surface area contributed by atoms with Crippen molar-refractivity contribution in [2.45, 2.75) is 50.6 Å². The Balaban J connectivity index is 2.18. The van der Waals surface area contributed by atoms with Gasteiger partial charge in [0.25, 0.3) is 5.56 Å². The lowest BCUT2D eigenvalue weighted by Gasteiger charge is -2.16. The highest BCUT2D eigenvalue weighted by molar-refractivity contribution is 8.00. The first-order valence-corrected chi connectivity index (χ1v) is 8.95. The summed E-state index contributed by atoms with van der Waals surface area (Å²) in [6.45, 7) is 8.33. The fourth-order valence-electron chi connectivity index (χ4n) is 2.54. The first kappa shape index (κ1) is 15.6. The molecule has 0 N–H and O–H groups in total. The summed E-state index contributed by atoms with van der Waals surface area (Å²) < 4.78 is 6.70. The largest absolute Gasteiger partial charge is 0.465 e. The number of rotatable bonds is 3. The van der Waals surface area contributed by atoms with E-state index in [-0.39, 0.29) is 22.8 Å². The number of aromatic nitrogens is 2. The fourth-order valence-corrected chi connectivity index (χ4v) is 4.80. The molecule has 0 bridgehead atoms. The van der Waals surface area contributed by atoms with Crippen molar-refractivity contribution in [1.29, 1.82) is 0 Å². The van der Waals surface area contributed by atoms with Gasteiger partial charge in [0.1, 0.15) is 10.1 Å². The van der Waals surface area contributed by atoms with Crippen molar-refractivity contribution in [2.75, 3.05) is 6.61 Å². The van der Waals surface area contributed by atoms with Crippen molar-refractivity contribution in [1.82, 2.24) is 9.55 Å².